The second kappa shape index (κ2) is 6.34. The summed E-state index contributed by atoms with van der Waals surface area (Å²) in [5, 5.41) is 23.6. The first-order valence-corrected chi connectivity index (χ1v) is 9.26. The van der Waals surface area contributed by atoms with Crippen molar-refractivity contribution in [2.24, 2.45) is 0 Å². The third-order valence-corrected chi connectivity index (χ3v) is 4.73. The number of hydrogen-bond donors (Lipinski definition) is 3. The van der Waals surface area contributed by atoms with E-state index in [1.165, 1.54) is 6.07 Å². The van der Waals surface area contributed by atoms with E-state index in [4.69, 9.17) is 0 Å². The van der Waals surface area contributed by atoms with Gasteiger partial charge in [0.1, 0.15) is 5.75 Å². The summed E-state index contributed by atoms with van der Waals surface area (Å²) in [4.78, 5) is 0. The number of sulfone groups is 1. The number of phenolic OH excluding ortho intramolecular Hbond substituents is 1. The fourth-order valence-electron chi connectivity index (χ4n) is 2.84. The lowest BCUT2D eigenvalue weighted by molar-refractivity contribution is 0.103. The van der Waals surface area contributed by atoms with Crippen LogP contribution >= 0.6 is 0 Å². The topological polar surface area (TPSA) is 86.6 Å². The normalized spacial score (nSPS) is 24.7. The summed E-state index contributed by atoms with van der Waals surface area (Å²) in [6.07, 6.45) is 3.46. The van der Waals surface area contributed by atoms with Gasteiger partial charge in [0.15, 0.2) is 9.84 Å². The van der Waals surface area contributed by atoms with Crippen molar-refractivity contribution in [3.63, 3.8) is 0 Å². The van der Waals surface area contributed by atoms with E-state index in [1.54, 1.807) is 12.1 Å². The highest BCUT2D eigenvalue weighted by Crippen LogP contribution is 2.28. The number of aliphatic hydroxyl groups excluding tert-OH is 1. The molecule has 0 spiro atoms. The highest BCUT2D eigenvalue weighted by molar-refractivity contribution is 7.89. The van der Waals surface area contributed by atoms with Gasteiger partial charge in [-0.1, -0.05) is 12.5 Å². The second-order valence-electron chi connectivity index (χ2n) is 6.01. The van der Waals surface area contributed by atoms with Gasteiger partial charge in [-0.05, 0) is 37.5 Å². The number of aromatic hydroxyl groups is 1. The molecule has 5 nitrogen and oxygen atoms in total. The minimum atomic E-state index is -3.23. The van der Waals surface area contributed by atoms with Crippen LogP contribution < -0.4 is 5.32 Å². The standard InChI is InChI=1S/C15H23NO4S/c1-10-4-3-5-13(16-10)15(18)11-6-7-14(17)12(8-11)9-21(2,19)20/h6-8,10,13,15-18H,3-5,9H2,1-2H3. The molecule has 1 aliphatic rings. The maximum Gasteiger partial charge on any atom is 0.151 e. The Bertz CT molecular complexity index is 600. The van der Waals surface area contributed by atoms with Crippen LogP contribution in [0, 0.1) is 0 Å². The number of hydrogen-bond acceptors (Lipinski definition) is 5. The molecule has 118 valence electrons. The Morgan fingerprint density at radius 1 is 1.38 bits per heavy atom. The molecular weight excluding hydrogens is 290 g/mol. The Labute approximate surface area is 125 Å². The molecule has 1 aliphatic heterocycles. The molecule has 0 bridgehead atoms. The Morgan fingerprint density at radius 2 is 2.10 bits per heavy atom. The fraction of sp³-hybridized carbons (Fsp3) is 0.600. The van der Waals surface area contributed by atoms with E-state index in [9.17, 15) is 18.6 Å². The third-order valence-electron chi connectivity index (χ3n) is 3.89. The van der Waals surface area contributed by atoms with Crippen molar-refractivity contribution in [3.05, 3.63) is 29.3 Å². The van der Waals surface area contributed by atoms with E-state index in [-0.39, 0.29) is 17.5 Å². The number of aliphatic hydroxyl groups is 1. The van der Waals surface area contributed by atoms with Gasteiger partial charge < -0.3 is 15.5 Å². The number of nitrogens with one attached hydrogen (secondary N) is 1. The highest BCUT2D eigenvalue weighted by atomic mass is 32.2. The van der Waals surface area contributed by atoms with E-state index in [0.29, 0.717) is 17.2 Å². The zero-order chi connectivity index (χ0) is 15.6. The Morgan fingerprint density at radius 3 is 2.71 bits per heavy atom. The van der Waals surface area contributed by atoms with Gasteiger partial charge in [0.05, 0.1) is 11.9 Å². The monoisotopic (exact) mass is 313 g/mol. The molecule has 1 aromatic carbocycles. The molecule has 6 heteroatoms. The SMILES string of the molecule is CC1CCCC(C(O)c2ccc(O)c(CS(C)(=O)=O)c2)N1. The van der Waals surface area contributed by atoms with Gasteiger partial charge in [-0.2, -0.15) is 0 Å². The van der Waals surface area contributed by atoms with Crippen LogP contribution in [0.15, 0.2) is 18.2 Å². The lowest BCUT2D eigenvalue weighted by atomic mass is 9.91. The zero-order valence-electron chi connectivity index (χ0n) is 12.4. The molecule has 0 radical (unpaired) electrons. The van der Waals surface area contributed by atoms with Crippen LogP contribution in [-0.4, -0.2) is 37.0 Å². The van der Waals surface area contributed by atoms with Crippen LogP contribution in [0.2, 0.25) is 0 Å². The summed E-state index contributed by atoms with van der Waals surface area (Å²) in [6.45, 7) is 2.09. The predicted octanol–water partition coefficient (Wildman–Crippen LogP) is 1.50. The molecule has 3 unspecified atom stereocenters. The van der Waals surface area contributed by atoms with Crippen molar-refractivity contribution in [1.29, 1.82) is 0 Å². The van der Waals surface area contributed by atoms with Gasteiger partial charge in [-0.25, -0.2) is 8.42 Å². The molecule has 3 N–H and O–H groups in total. The number of phenols is 1. The number of piperidine rings is 1. The quantitative estimate of drug-likeness (QED) is 0.784. The van der Waals surface area contributed by atoms with Gasteiger partial charge in [-0.15, -0.1) is 0 Å². The van der Waals surface area contributed by atoms with Gasteiger partial charge in [0.25, 0.3) is 0 Å². The zero-order valence-corrected chi connectivity index (χ0v) is 13.2. The van der Waals surface area contributed by atoms with E-state index < -0.39 is 15.9 Å². The molecule has 0 amide bonds. The molecule has 1 fully saturated rings. The van der Waals surface area contributed by atoms with Gasteiger partial charge in [0, 0.05) is 23.9 Å². The van der Waals surface area contributed by atoms with E-state index in [2.05, 4.69) is 12.2 Å². The Hall–Kier alpha value is -1.11. The van der Waals surface area contributed by atoms with Crippen LogP contribution in [0.25, 0.3) is 0 Å². The first-order valence-electron chi connectivity index (χ1n) is 7.20. The first kappa shape index (κ1) is 16.3. The van der Waals surface area contributed by atoms with Gasteiger partial charge in [0.2, 0.25) is 0 Å². The summed E-state index contributed by atoms with van der Waals surface area (Å²) < 4.78 is 22.8. The average Bonchev–Trinajstić information content (AvgIpc) is 2.39. The molecule has 1 aromatic rings. The van der Waals surface area contributed by atoms with Crippen LogP contribution in [0.5, 0.6) is 5.75 Å². The minimum Gasteiger partial charge on any atom is -0.508 e. The van der Waals surface area contributed by atoms with Crippen LogP contribution in [0.4, 0.5) is 0 Å². The summed E-state index contributed by atoms with van der Waals surface area (Å²) in [6, 6.07) is 5.01. The van der Waals surface area contributed by atoms with E-state index >= 15 is 0 Å². The van der Waals surface area contributed by atoms with E-state index in [0.717, 1.165) is 25.5 Å². The van der Waals surface area contributed by atoms with Crippen LogP contribution in [-0.2, 0) is 15.6 Å². The lowest BCUT2D eigenvalue weighted by Crippen LogP contribution is -2.44. The maximum atomic E-state index is 11.4. The smallest absolute Gasteiger partial charge is 0.151 e. The molecular formula is C15H23NO4S. The molecule has 0 aliphatic carbocycles. The summed E-state index contributed by atoms with van der Waals surface area (Å²) in [5.41, 5.74) is 0.968. The summed E-state index contributed by atoms with van der Waals surface area (Å²) >= 11 is 0. The average molecular weight is 313 g/mol. The summed E-state index contributed by atoms with van der Waals surface area (Å²) in [5.74, 6) is -0.283. The van der Waals surface area contributed by atoms with Crippen molar-refractivity contribution in [2.75, 3.05) is 6.26 Å². The Kier molecular flexibility index (Phi) is 4.91. The molecule has 1 heterocycles. The molecule has 21 heavy (non-hydrogen) atoms. The number of rotatable bonds is 4. The summed E-state index contributed by atoms with van der Waals surface area (Å²) in [7, 11) is -3.23. The largest absolute Gasteiger partial charge is 0.508 e. The third kappa shape index (κ3) is 4.43. The molecule has 3 atom stereocenters. The first-order chi connectivity index (χ1) is 9.76. The van der Waals surface area contributed by atoms with Crippen LogP contribution in [0.3, 0.4) is 0 Å². The predicted molar refractivity (Wildman–Crippen MR) is 81.9 cm³/mol. The van der Waals surface area contributed by atoms with E-state index in [1.807, 2.05) is 0 Å². The lowest BCUT2D eigenvalue weighted by Gasteiger charge is -2.32. The molecule has 0 saturated carbocycles. The number of benzene rings is 1. The van der Waals surface area contributed by atoms with Gasteiger partial charge >= 0.3 is 0 Å². The molecule has 1 saturated heterocycles. The fourth-order valence-corrected chi connectivity index (χ4v) is 3.64. The highest BCUT2D eigenvalue weighted by Gasteiger charge is 2.26. The van der Waals surface area contributed by atoms with Crippen molar-refractivity contribution in [3.8, 4) is 5.75 Å². The minimum absolute atomic E-state index is 0.0376. The second-order valence-corrected chi connectivity index (χ2v) is 8.15. The van der Waals surface area contributed by atoms with Crippen molar-refractivity contribution in [1.82, 2.24) is 5.32 Å². The van der Waals surface area contributed by atoms with Crippen molar-refractivity contribution in [2.45, 2.75) is 50.1 Å². The van der Waals surface area contributed by atoms with Crippen molar-refractivity contribution < 1.29 is 18.6 Å². The van der Waals surface area contributed by atoms with Crippen LogP contribution in [0.1, 0.15) is 43.4 Å². The Balaban J connectivity index is 2.21. The van der Waals surface area contributed by atoms with Gasteiger partial charge in [-0.3, -0.25) is 0 Å². The molecule has 2 rings (SSSR count). The van der Waals surface area contributed by atoms with Crippen molar-refractivity contribution >= 4 is 9.84 Å². The maximum absolute atomic E-state index is 11.4. The molecule has 0 aromatic heterocycles.